The fourth-order valence-corrected chi connectivity index (χ4v) is 5.41. The first-order valence-electron chi connectivity index (χ1n) is 16.6. The van der Waals surface area contributed by atoms with Gasteiger partial charge in [-0.25, -0.2) is 44.3 Å². The third-order valence-corrected chi connectivity index (χ3v) is 8.29. The molecule has 1 aliphatic heterocycles. The van der Waals surface area contributed by atoms with Gasteiger partial charge in [0.1, 0.15) is 11.1 Å². The van der Waals surface area contributed by atoms with Crippen LogP contribution in [-0.2, 0) is 41.1 Å². The van der Waals surface area contributed by atoms with Gasteiger partial charge in [0.2, 0.25) is 0 Å². The average Bonchev–Trinajstić information content (AvgIpc) is 3.89. The van der Waals surface area contributed by atoms with Crippen molar-refractivity contribution >= 4 is 46.6 Å². The largest absolute Gasteiger partial charge is 0.465 e. The topological polar surface area (TPSA) is 271 Å². The number of ether oxygens (including phenoxy) is 3. The molecule has 22 nitrogen and oxygen atoms in total. The van der Waals surface area contributed by atoms with Crippen LogP contribution < -0.4 is 27.4 Å². The van der Waals surface area contributed by atoms with E-state index in [-0.39, 0.29) is 34.4 Å². The summed E-state index contributed by atoms with van der Waals surface area (Å²) in [6.45, 7) is 4.13. The summed E-state index contributed by atoms with van der Waals surface area (Å²) >= 11 is 0. The zero-order chi connectivity index (χ0) is 37.5. The van der Waals surface area contributed by atoms with E-state index in [1.165, 1.54) is 43.1 Å². The number of aromatic nitrogens is 8. The Balaban J connectivity index is 1.51. The Hall–Kier alpha value is -5.58. The number of nitrogens with one attached hydrogen (secondary N) is 3. The van der Waals surface area contributed by atoms with Crippen LogP contribution >= 0.6 is 0 Å². The zero-order valence-electron chi connectivity index (χ0n) is 30.2. The van der Waals surface area contributed by atoms with Crippen LogP contribution in [0.1, 0.15) is 84.2 Å². The summed E-state index contributed by atoms with van der Waals surface area (Å²) < 4.78 is 21.3. The number of esters is 2. The summed E-state index contributed by atoms with van der Waals surface area (Å²) in [4.78, 5) is 24.6. The second-order valence-electron chi connectivity index (χ2n) is 11.8. The zero-order valence-corrected chi connectivity index (χ0v) is 30.2. The summed E-state index contributed by atoms with van der Waals surface area (Å²) in [5.74, 6) is -0.407. The molecular formula is C30H45N17O5. The predicted molar refractivity (Wildman–Crippen MR) is 186 cm³/mol. The quantitative estimate of drug-likeness (QED) is 0.0871. The van der Waals surface area contributed by atoms with Crippen LogP contribution in [0.15, 0.2) is 32.9 Å². The van der Waals surface area contributed by atoms with Crippen molar-refractivity contribution in [1.82, 2.24) is 55.1 Å². The molecule has 5 heterocycles. The molecule has 2 unspecified atom stereocenters. The molecule has 22 heteroatoms. The fraction of sp³-hybridized carbons (Fsp3) is 0.533. The summed E-state index contributed by atoms with van der Waals surface area (Å²) in [5.41, 5.74) is 15.6. The number of nitrogens with two attached hydrogens (primary N) is 2. The summed E-state index contributed by atoms with van der Waals surface area (Å²) in [5, 5.41) is 45.3. The van der Waals surface area contributed by atoms with Gasteiger partial charge in [-0.05, 0) is 25.7 Å². The third kappa shape index (κ3) is 7.68. The van der Waals surface area contributed by atoms with Crippen molar-refractivity contribution in [3.05, 3.63) is 34.9 Å². The molecule has 0 aromatic carbocycles. The molecule has 1 saturated heterocycles. The minimum absolute atomic E-state index is 0.153. The number of nitrogen functional groups attached to an aromatic ring is 2. The van der Waals surface area contributed by atoms with Crippen LogP contribution in [0, 0.1) is 0 Å². The number of unbranched alkanes of at least 4 members (excludes halogenated alkanes) is 2. The first-order valence-corrected chi connectivity index (χ1v) is 16.6. The van der Waals surface area contributed by atoms with Crippen LogP contribution in [0.5, 0.6) is 0 Å². The highest BCUT2D eigenvalue weighted by atomic mass is 16.5. The summed E-state index contributed by atoms with van der Waals surface area (Å²) in [6, 6.07) is 0. The average molecular weight is 724 g/mol. The van der Waals surface area contributed by atoms with Crippen molar-refractivity contribution in [2.24, 2.45) is 34.6 Å². The number of carbonyl (C=O) groups excluding carboxylic acids is 2. The van der Waals surface area contributed by atoms with Crippen LogP contribution in [0.2, 0.25) is 0 Å². The molecule has 0 aliphatic carbocycles. The van der Waals surface area contributed by atoms with E-state index in [1.807, 2.05) is 0 Å². The molecule has 4 aromatic heterocycles. The number of hydrogen-bond donors (Lipinski definition) is 5. The van der Waals surface area contributed by atoms with Crippen LogP contribution in [0.4, 0.5) is 34.6 Å². The van der Waals surface area contributed by atoms with Gasteiger partial charge >= 0.3 is 11.9 Å². The molecule has 0 saturated carbocycles. The van der Waals surface area contributed by atoms with Gasteiger partial charge in [0.05, 0.1) is 38.0 Å². The Morgan fingerprint density at radius 2 is 1.15 bits per heavy atom. The second kappa shape index (κ2) is 16.6. The lowest BCUT2D eigenvalue weighted by Crippen LogP contribution is -2.63. The molecule has 0 radical (unpaired) electrons. The van der Waals surface area contributed by atoms with E-state index in [0.29, 0.717) is 35.6 Å². The van der Waals surface area contributed by atoms with Crippen LogP contribution in [0.25, 0.3) is 0 Å². The molecule has 4 aromatic rings. The highest BCUT2D eigenvalue weighted by Crippen LogP contribution is 2.35. The van der Waals surface area contributed by atoms with Crippen molar-refractivity contribution in [2.45, 2.75) is 71.3 Å². The molecule has 1 aliphatic rings. The summed E-state index contributed by atoms with van der Waals surface area (Å²) in [6.07, 6.45) is 5.05. The lowest BCUT2D eigenvalue weighted by Gasteiger charge is -2.38. The van der Waals surface area contributed by atoms with Gasteiger partial charge in [0, 0.05) is 21.2 Å². The Kier molecular flexibility index (Phi) is 12.0. The monoisotopic (exact) mass is 723 g/mol. The van der Waals surface area contributed by atoms with E-state index in [0.717, 1.165) is 25.7 Å². The first kappa shape index (κ1) is 37.7. The molecular weight excluding hydrogens is 678 g/mol. The van der Waals surface area contributed by atoms with E-state index >= 15 is 0 Å². The lowest BCUT2D eigenvalue weighted by molar-refractivity contribution is -0.0440. The minimum atomic E-state index is -0.757. The molecule has 0 amide bonds. The normalized spacial score (nSPS) is 17.8. The SMILES string of the molecule is CCCCc1nn(C2NC(OC)NC(n3nc(CCCC)c(N=Nc4c(C(=O)OC)cnn4C)c3N)N2)c(N)c1N=Nc1c(C(=O)OC)cnn1C. The molecule has 2 atom stereocenters. The van der Waals surface area contributed by atoms with Gasteiger partial charge in [-0.2, -0.15) is 20.4 Å². The fourth-order valence-electron chi connectivity index (χ4n) is 5.41. The number of aryl methyl sites for hydroxylation is 4. The number of carbonyl (C=O) groups is 2. The maximum absolute atomic E-state index is 12.3. The predicted octanol–water partition coefficient (Wildman–Crippen LogP) is 3.13. The molecule has 1 fully saturated rings. The highest BCUT2D eigenvalue weighted by Gasteiger charge is 2.34. The molecule has 280 valence electrons. The van der Waals surface area contributed by atoms with Gasteiger partial charge in [0.15, 0.2) is 53.6 Å². The van der Waals surface area contributed by atoms with Gasteiger partial charge in [0.25, 0.3) is 0 Å². The number of rotatable bonds is 15. The third-order valence-electron chi connectivity index (χ3n) is 8.29. The smallest absolute Gasteiger partial charge is 0.343 e. The van der Waals surface area contributed by atoms with E-state index in [9.17, 15) is 9.59 Å². The standard InChI is InChI=1S/C30H45N17O5/c1-8-10-12-18-20(38-40-24-16(26(48)50-5)14-33-44(24)3)22(31)46(42-18)28-35-29(37-30(36-28)52-7)47-23(32)21(19(43-47)13-11-9-2)39-41-25-17(27(49)51-6)15-34-45(25)4/h14-15,28-30,35-37H,8-13,31-32H2,1-7H3. The van der Waals surface area contributed by atoms with Crippen molar-refractivity contribution in [3.8, 4) is 0 Å². The van der Waals surface area contributed by atoms with Crippen LogP contribution in [-0.4, -0.2) is 78.7 Å². The van der Waals surface area contributed by atoms with Crippen molar-refractivity contribution in [1.29, 1.82) is 0 Å². The maximum Gasteiger partial charge on any atom is 0.343 e. The molecule has 0 spiro atoms. The first-order chi connectivity index (χ1) is 25.1. The number of azo groups is 2. The van der Waals surface area contributed by atoms with Crippen molar-refractivity contribution in [2.75, 3.05) is 32.8 Å². The number of methoxy groups -OCH3 is 3. The van der Waals surface area contributed by atoms with Crippen molar-refractivity contribution in [3.63, 3.8) is 0 Å². The number of anilines is 2. The Morgan fingerprint density at radius 1 is 0.731 bits per heavy atom. The lowest BCUT2D eigenvalue weighted by atomic mass is 10.2. The van der Waals surface area contributed by atoms with Crippen LogP contribution in [0.3, 0.4) is 0 Å². The molecule has 7 N–H and O–H groups in total. The Morgan fingerprint density at radius 3 is 1.52 bits per heavy atom. The number of hydrogen-bond acceptors (Lipinski definition) is 18. The second-order valence-corrected chi connectivity index (χ2v) is 11.8. The van der Waals surface area contributed by atoms with Gasteiger partial charge in [-0.3, -0.25) is 0 Å². The highest BCUT2D eigenvalue weighted by molar-refractivity contribution is 5.94. The summed E-state index contributed by atoms with van der Waals surface area (Å²) in [7, 11) is 7.36. The number of nitrogens with zero attached hydrogens (tertiary/aromatic N) is 12. The molecule has 0 bridgehead atoms. The van der Waals surface area contributed by atoms with Crippen molar-refractivity contribution < 1.29 is 23.8 Å². The van der Waals surface area contributed by atoms with E-state index in [1.54, 1.807) is 23.5 Å². The maximum atomic E-state index is 12.3. The van der Waals surface area contributed by atoms with E-state index < -0.39 is 30.9 Å². The minimum Gasteiger partial charge on any atom is -0.465 e. The van der Waals surface area contributed by atoms with Gasteiger partial charge < -0.3 is 25.7 Å². The van der Waals surface area contributed by atoms with Gasteiger partial charge in [-0.1, -0.05) is 26.7 Å². The Labute approximate surface area is 298 Å². The van der Waals surface area contributed by atoms with E-state index in [2.05, 4.69) is 60.5 Å². The Bertz CT molecular complexity index is 1800. The van der Waals surface area contributed by atoms with E-state index in [4.69, 9.17) is 35.9 Å². The molecule has 5 rings (SSSR count). The molecule has 52 heavy (non-hydrogen) atoms. The van der Waals surface area contributed by atoms with Gasteiger partial charge in [-0.15, -0.1) is 20.5 Å².